The first kappa shape index (κ1) is 11.0. The van der Waals surface area contributed by atoms with E-state index in [1.807, 2.05) is 6.92 Å². The maximum absolute atomic E-state index is 9.27. The van der Waals surface area contributed by atoms with E-state index < -0.39 is 0 Å². The van der Waals surface area contributed by atoms with Crippen molar-refractivity contribution in [1.82, 2.24) is 4.90 Å². The molecule has 0 aliphatic carbocycles. The summed E-state index contributed by atoms with van der Waals surface area (Å²) in [7, 11) is 0. The molecule has 78 valence electrons. The standard InChI is InChI=1S/C11H23NO/c1-9(2)12-6-4-11(5-7-12)8-10(3)13/h9-11,13H,4-8H2,1-3H3/t10-/m1/s1. The third kappa shape index (κ3) is 3.65. The number of aliphatic hydroxyl groups excluding tert-OH is 1. The van der Waals surface area contributed by atoms with Gasteiger partial charge in [0.15, 0.2) is 0 Å². The minimum Gasteiger partial charge on any atom is -0.393 e. The molecule has 1 N–H and O–H groups in total. The van der Waals surface area contributed by atoms with Gasteiger partial charge in [0, 0.05) is 6.04 Å². The SMILES string of the molecule is CC(C)N1CCC(C[C@@H](C)O)CC1. The number of nitrogens with zero attached hydrogens (tertiary/aromatic N) is 1. The number of hydrogen-bond donors (Lipinski definition) is 1. The van der Waals surface area contributed by atoms with Crippen LogP contribution in [0, 0.1) is 5.92 Å². The highest BCUT2D eigenvalue weighted by atomic mass is 16.3. The second-order valence-corrected chi connectivity index (χ2v) is 4.66. The minimum atomic E-state index is -0.115. The van der Waals surface area contributed by atoms with Crippen molar-refractivity contribution in [3.05, 3.63) is 0 Å². The largest absolute Gasteiger partial charge is 0.393 e. The lowest BCUT2D eigenvalue weighted by Gasteiger charge is -2.34. The van der Waals surface area contributed by atoms with Crippen LogP contribution in [0.25, 0.3) is 0 Å². The molecule has 2 nitrogen and oxygen atoms in total. The molecule has 0 spiro atoms. The van der Waals surface area contributed by atoms with E-state index in [9.17, 15) is 5.11 Å². The lowest BCUT2D eigenvalue weighted by molar-refractivity contribution is 0.105. The highest BCUT2D eigenvalue weighted by Gasteiger charge is 2.21. The van der Waals surface area contributed by atoms with Crippen LogP contribution in [0.5, 0.6) is 0 Å². The molecule has 0 aromatic carbocycles. The fourth-order valence-corrected chi connectivity index (χ4v) is 2.19. The van der Waals surface area contributed by atoms with E-state index in [0.717, 1.165) is 12.3 Å². The molecule has 0 unspecified atom stereocenters. The Labute approximate surface area is 81.9 Å². The molecule has 1 rings (SSSR count). The van der Waals surface area contributed by atoms with Gasteiger partial charge in [-0.1, -0.05) is 0 Å². The van der Waals surface area contributed by atoms with Crippen LogP contribution in [-0.2, 0) is 0 Å². The molecule has 0 saturated carbocycles. The molecule has 2 heteroatoms. The molecule has 0 bridgehead atoms. The molecule has 1 aliphatic heterocycles. The first-order valence-electron chi connectivity index (χ1n) is 5.51. The van der Waals surface area contributed by atoms with E-state index in [1.54, 1.807) is 0 Å². The average Bonchev–Trinajstić information content (AvgIpc) is 2.04. The van der Waals surface area contributed by atoms with Gasteiger partial charge in [-0.2, -0.15) is 0 Å². The van der Waals surface area contributed by atoms with Gasteiger partial charge in [0.1, 0.15) is 0 Å². The van der Waals surface area contributed by atoms with Crippen molar-refractivity contribution in [3.8, 4) is 0 Å². The summed E-state index contributed by atoms with van der Waals surface area (Å²) in [6.07, 6.45) is 3.41. The van der Waals surface area contributed by atoms with Crippen molar-refractivity contribution in [2.45, 2.75) is 52.2 Å². The maximum Gasteiger partial charge on any atom is 0.0514 e. The van der Waals surface area contributed by atoms with Crippen molar-refractivity contribution in [1.29, 1.82) is 0 Å². The number of likely N-dealkylation sites (tertiary alicyclic amines) is 1. The summed E-state index contributed by atoms with van der Waals surface area (Å²) in [5, 5.41) is 9.27. The van der Waals surface area contributed by atoms with Crippen LogP contribution in [0.15, 0.2) is 0 Å². The Morgan fingerprint density at radius 3 is 2.15 bits per heavy atom. The van der Waals surface area contributed by atoms with Gasteiger partial charge in [0.25, 0.3) is 0 Å². The summed E-state index contributed by atoms with van der Waals surface area (Å²) in [5.74, 6) is 0.759. The van der Waals surface area contributed by atoms with E-state index >= 15 is 0 Å². The fourth-order valence-electron chi connectivity index (χ4n) is 2.19. The summed E-state index contributed by atoms with van der Waals surface area (Å²) in [5.41, 5.74) is 0. The van der Waals surface area contributed by atoms with Crippen LogP contribution >= 0.6 is 0 Å². The smallest absolute Gasteiger partial charge is 0.0514 e. The highest BCUT2D eigenvalue weighted by molar-refractivity contribution is 4.75. The summed E-state index contributed by atoms with van der Waals surface area (Å²) in [6.45, 7) is 8.85. The first-order chi connectivity index (χ1) is 6.09. The zero-order chi connectivity index (χ0) is 9.84. The molecule has 1 aliphatic rings. The molecule has 0 aromatic heterocycles. The van der Waals surface area contributed by atoms with Gasteiger partial charge in [0.2, 0.25) is 0 Å². The summed E-state index contributed by atoms with van der Waals surface area (Å²) >= 11 is 0. The summed E-state index contributed by atoms with van der Waals surface area (Å²) in [6, 6.07) is 0.688. The molecule has 0 amide bonds. The number of aliphatic hydroxyl groups is 1. The topological polar surface area (TPSA) is 23.5 Å². The van der Waals surface area contributed by atoms with E-state index in [-0.39, 0.29) is 6.10 Å². The second kappa shape index (κ2) is 4.97. The van der Waals surface area contributed by atoms with Crippen LogP contribution in [0.2, 0.25) is 0 Å². The lowest BCUT2D eigenvalue weighted by Crippen LogP contribution is -2.38. The number of rotatable bonds is 3. The molecular formula is C11H23NO. The van der Waals surface area contributed by atoms with Crippen molar-refractivity contribution in [2.75, 3.05) is 13.1 Å². The molecule has 1 fully saturated rings. The molecule has 1 atom stereocenters. The van der Waals surface area contributed by atoms with Gasteiger partial charge < -0.3 is 10.0 Å². The van der Waals surface area contributed by atoms with Gasteiger partial charge in [0.05, 0.1) is 6.10 Å². The normalized spacial score (nSPS) is 23.8. The Balaban J connectivity index is 2.22. The Morgan fingerprint density at radius 1 is 1.23 bits per heavy atom. The van der Waals surface area contributed by atoms with Crippen LogP contribution in [0.1, 0.15) is 40.0 Å². The first-order valence-corrected chi connectivity index (χ1v) is 5.51. The van der Waals surface area contributed by atoms with Gasteiger partial charge in [-0.15, -0.1) is 0 Å². The van der Waals surface area contributed by atoms with Gasteiger partial charge in [-0.05, 0) is 59.0 Å². The monoisotopic (exact) mass is 185 g/mol. The minimum absolute atomic E-state index is 0.115. The average molecular weight is 185 g/mol. The van der Waals surface area contributed by atoms with Crippen LogP contribution in [0.3, 0.4) is 0 Å². The Kier molecular flexibility index (Phi) is 4.20. The predicted molar refractivity (Wildman–Crippen MR) is 55.7 cm³/mol. The molecule has 0 aromatic rings. The van der Waals surface area contributed by atoms with Gasteiger partial charge in [-0.3, -0.25) is 0 Å². The quantitative estimate of drug-likeness (QED) is 0.725. The zero-order valence-electron chi connectivity index (χ0n) is 9.16. The van der Waals surface area contributed by atoms with Gasteiger partial charge in [-0.25, -0.2) is 0 Å². The molecule has 0 radical (unpaired) electrons. The van der Waals surface area contributed by atoms with Crippen molar-refractivity contribution < 1.29 is 5.11 Å². The molecular weight excluding hydrogens is 162 g/mol. The highest BCUT2D eigenvalue weighted by Crippen LogP contribution is 2.22. The second-order valence-electron chi connectivity index (χ2n) is 4.66. The summed E-state index contributed by atoms with van der Waals surface area (Å²) in [4.78, 5) is 2.53. The number of hydrogen-bond acceptors (Lipinski definition) is 2. The number of piperidine rings is 1. The Bertz CT molecular complexity index is 137. The molecule has 1 saturated heterocycles. The fraction of sp³-hybridized carbons (Fsp3) is 1.00. The Morgan fingerprint density at radius 2 is 1.77 bits per heavy atom. The van der Waals surface area contributed by atoms with E-state index in [2.05, 4.69) is 18.7 Å². The zero-order valence-corrected chi connectivity index (χ0v) is 9.16. The van der Waals surface area contributed by atoms with Gasteiger partial charge >= 0.3 is 0 Å². The maximum atomic E-state index is 9.27. The van der Waals surface area contributed by atoms with E-state index in [1.165, 1.54) is 25.9 Å². The lowest BCUT2D eigenvalue weighted by atomic mass is 9.91. The van der Waals surface area contributed by atoms with Crippen molar-refractivity contribution in [2.24, 2.45) is 5.92 Å². The Hall–Kier alpha value is -0.0800. The predicted octanol–water partition coefficient (Wildman–Crippen LogP) is 1.88. The van der Waals surface area contributed by atoms with E-state index in [0.29, 0.717) is 6.04 Å². The van der Waals surface area contributed by atoms with E-state index in [4.69, 9.17) is 0 Å². The van der Waals surface area contributed by atoms with Crippen LogP contribution < -0.4 is 0 Å². The van der Waals surface area contributed by atoms with Crippen molar-refractivity contribution in [3.63, 3.8) is 0 Å². The van der Waals surface area contributed by atoms with Crippen LogP contribution in [0.4, 0.5) is 0 Å². The molecule has 13 heavy (non-hydrogen) atoms. The third-order valence-corrected chi connectivity index (χ3v) is 3.05. The van der Waals surface area contributed by atoms with Crippen LogP contribution in [-0.4, -0.2) is 35.2 Å². The summed E-state index contributed by atoms with van der Waals surface area (Å²) < 4.78 is 0. The van der Waals surface area contributed by atoms with Crippen molar-refractivity contribution >= 4 is 0 Å². The molecule has 1 heterocycles. The third-order valence-electron chi connectivity index (χ3n) is 3.05.